The molecule has 1 unspecified atom stereocenters. The van der Waals surface area contributed by atoms with Crippen molar-refractivity contribution in [1.82, 2.24) is 24.9 Å². The Bertz CT molecular complexity index is 972. The fourth-order valence-electron chi connectivity index (χ4n) is 3.22. The fourth-order valence-corrected chi connectivity index (χ4v) is 3.33. The van der Waals surface area contributed by atoms with E-state index in [1.807, 2.05) is 50.8 Å². The molecule has 0 radical (unpaired) electrons. The predicted octanol–water partition coefficient (Wildman–Crippen LogP) is 3.90. The lowest BCUT2D eigenvalue weighted by molar-refractivity contribution is 0.0712. The van der Waals surface area contributed by atoms with Crippen LogP contribution in [-0.4, -0.2) is 49.9 Å². The van der Waals surface area contributed by atoms with Gasteiger partial charge in [-0.3, -0.25) is 4.79 Å². The van der Waals surface area contributed by atoms with Crippen LogP contribution in [0.4, 0.5) is 5.82 Å². The minimum absolute atomic E-state index is 0.0509. The van der Waals surface area contributed by atoms with Crippen LogP contribution in [0.25, 0.3) is 5.69 Å². The molecule has 0 spiro atoms. The molecule has 0 bridgehead atoms. The van der Waals surface area contributed by atoms with E-state index in [0.717, 1.165) is 22.6 Å². The summed E-state index contributed by atoms with van der Waals surface area (Å²) in [6.07, 6.45) is 4.81. The normalized spacial score (nSPS) is 11.9. The minimum Gasteiger partial charge on any atom is -0.368 e. The molecule has 7 nitrogen and oxygen atoms in total. The summed E-state index contributed by atoms with van der Waals surface area (Å²) in [5.74, 6) is 0.665. The third-order valence-corrected chi connectivity index (χ3v) is 5.21. The molecule has 29 heavy (non-hydrogen) atoms. The molecule has 3 rings (SSSR count). The maximum atomic E-state index is 13.4. The number of hydrogen-bond donors (Lipinski definition) is 1. The van der Waals surface area contributed by atoms with E-state index in [2.05, 4.69) is 20.5 Å². The lowest BCUT2D eigenvalue weighted by Gasteiger charge is -2.29. The number of amides is 1. The van der Waals surface area contributed by atoms with Gasteiger partial charge in [0.05, 0.1) is 23.0 Å². The average Bonchev–Trinajstić information content (AvgIpc) is 3.24. The van der Waals surface area contributed by atoms with Crippen LogP contribution in [0.5, 0.6) is 0 Å². The molecule has 0 aliphatic heterocycles. The second kappa shape index (κ2) is 9.05. The van der Waals surface area contributed by atoms with E-state index in [0.29, 0.717) is 23.7 Å². The third-order valence-electron chi connectivity index (χ3n) is 4.99. The Hall–Kier alpha value is -2.93. The highest BCUT2D eigenvalue weighted by Gasteiger charge is 2.25. The Morgan fingerprint density at radius 3 is 2.55 bits per heavy atom. The number of benzene rings is 1. The molecule has 2 heterocycles. The second-order valence-electron chi connectivity index (χ2n) is 6.90. The summed E-state index contributed by atoms with van der Waals surface area (Å²) in [5.41, 5.74) is 3.38. The lowest BCUT2D eigenvalue weighted by atomic mass is 10.0. The van der Waals surface area contributed by atoms with Gasteiger partial charge in [0.25, 0.3) is 5.91 Å². The van der Waals surface area contributed by atoms with E-state index in [1.165, 1.54) is 4.80 Å². The van der Waals surface area contributed by atoms with Crippen molar-refractivity contribution in [1.29, 1.82) is 0 Å². The summed E-state index contributed by atoms with van der Waals surface area (Å²) in [4.78, 5) is 21.0. The first kappa shape index (κ1) is 20.8. The molecule has 1 aromatic carbocycles. The summed E-state index contributed by atoms with van der Waals surface area (Å²) >= 11 is 5.88. The summed E-state index contributed by atoms with van der Waals surface area (Å²) < 4.78 is 0. The molecule has 1 amide bonds. The van der Waals surface area contributed by atoms with Crippen molar-refractivity contribution >= 4 is 23.3 Å². The van der Waals surface area contributed by atoms with Crippen LogP contribution in [0, 0.1) is 13.8 Å². The van der Waals surface area contributed by atoms with Gasteiger partial charge in [-0.15, -0.1) is 0 Å². The van der Waals surface area contributed by atoms with Crippen LogP contribution in [-0.2, 0) is 0 Å². The summed E-state index contributed by atoms with van der Waals surface area (Å²) in [7, 11) is 0. The van der Waals surface area contributed by atoms with Gasteiger partial charge in [0, 0.05) is 25.3 Å². The molecule has 0 saturated carbocycles. The Labute approximate surface area is 175 Å². The van der Waals surface area contributed by atoms with Crippen molar-refractivity contribution in [2.75, 3.05) is 18.4 Å². The topological polar surface area (TPSA) is 75.9 Å². The van der Waals surface area contributed by atoms with Gasteiger partial charge in [0.15, 0.2) is 0 Å². The highest BCUT2D eigenvalue weighted by atomic mass is 35.5. The second-order valence-corrected chi connectivity index (χ2v) is 7.34. The SMILES string of the molecule is CCN(C(=O)c1ccc(C)c(C)c1-n1nccn1)C(C)CNc1ccc(Cl)cn1. The van der Waals surface area contributed by atoms with Crippen LogP contribution < -0.4 is 5.32 Å². The summed E-state index contributed by atoms with van der Waals surface area (Å²) in [6, 6.07) is 7.36. The van der Waals surface area contributed by atoms with Crippen LogP contribution in [0.1, 0.15) is 35.3 Å². The zero-order valence-corrected chi connectivity index (χ0v) is 17.8. The monoisotopic (exact) mass is 412 g/mol. The van der Waals surface area contributed by atoms with E-state index in [1.54, 1.807) is 24.7 Å². The van der Waals surface area contributed by atoms with Gasteiger partial charge >= 0.3 is 0 Å². The number of anilines is 1. The van der Waals surface area contributed by atoms with Crippen molar-refractivity contribution in [2.24, 2.45) is 0 Å². The molecule has 8 heteroatoms. The molecule has 0 aliphatic carbocycles. The zero-order chi connectivity index (χ0) is 21.0. The number of hydrogen-bond acceptors (Lipinski definition) is 5. The number of likely N-dealkylation sites (N-methyl/N-ethyl adjacent to an activating group) is 1. The van der Waals surface area contributed by atoms with Crippen LogP contribution >= 0.6 is 11.6 Å². The number of aromatic nitrogens is 4. The molecular formula is C21H25ClN6O. The van der Waals surface area contributed by atoms with Crippen molar-refractivity contribution < 1.29 is 4.79 Å². The Kier molecular flexibility index (Phi) is 6.49. The van der Waals surface area contributed by atoms with E-state index < -0.39 is 0 Å². The highest BCUT2D eigenvalue weighted by molar-refractivity contribution is 6.30. The van der Waals surface area contributed by atoms with Gasteiger partial charge in [-0.25, -0.2) is 4.98 Å². The van der Waals surface area contributed by atoms with Gasteiger partial charge in [0.2, 0.25) is 0 Å². The number of halogens is 1. The maximum Gasteiger partial charge on any atom is 0.256 e. The molecule has 3 aromatic rings. The van der Waals surface area contributed by atoms with Gasteiger partial charge in [-0.1, -0.05) is 17.7 Å². The highest BCUT2D eigenvalue weighted by Crippen LogP contribution is 2.23. The van der Waals surface area contributed by atoms with E-state index >= 15 is 0 Å². The van der Waals surface area contributed by atoms with E-state index in [-0.39, 0.29) is 11.9 Å². The summed E-state index contributed by atoms with van der Waals surface area (Å²) in [6.45, 7) is 9.13. The third kappa shape index (κ3) is 4.56. The molecule has 1 atom stereocenters. The van der Waals surface area contributed by atoms with Crippen molar-refractivity contribution in [3.8, 4) is 5.69 Å². The van der Waals surface area contributed by atoms with Crippen LogP contribution in [0.3, 0.4) is 0 Å². The predicted molar refractivity (Wildman–Crippen MR) is 115 cm³/mol. The molecule has 0 fully saturated rings. The Balaban J connectivity index is 1.84. The quantitative estimate of drug-likeness (QED) is 0.637. The first-order valence-corrected chi connectivity index (χ1v) is 9.93. The number of nitrogens with zero attached hydrogens (tertiary/aromatic N) is 5. The standard InChI is InChI=1S/C21H25ClN6O/c1-5-27(15(3)12-23-19-9-7-17(22)13-24-19)21(29)18-8-6-14(2)16(4)20(18)28-25-10-11-26-28/h6-11,13,15H,5,12H2,1-4H3,(H,23,24). The fraction of sp³-hybridized carbons (Fsp3) is 0.333. The van der Waals surface area contributed by atoms with Crippen molar-refractivity contribution in [3.63, 3.8) is 0 Å². The number of aryl methyl sites for hydroxylation is 1. The molecule has 152 valence electrons. The molecule has 0 aliphatic rings. The number of carbonyl (C=O) groups excluding carboxylic acids is 1. The Morgan fingerprint density at radius 2 is 1.93 bits per heavy atom. The van der Waals surface area contributed by atoms with Gasteiger partial charge in [0.1, 0.15) is 11.5 Å². The van der Waals surface area contributed by atoms with Crippen LogP contribution in [0.15, 0.2) is 42.9 Å². The lowest BCUT2D eigenvalue weighted by Crippen LogP contribution is -2.42. The van der Waals surface area contributed by atoms with Gasteiger partial charge < -0.3 is 10.2 Å². The maximum absolute atomic E-state index is 13.4. The molecule has 0 saturated heterocycles. The summed E-state index contributed by atoms with van der Waals surface area (Å²) in [5, 5.41) is 12.3. The van der Waals surface area contributed by atoms with E-state index in [4.69, 9.17) is 11.6 Å². The smallest absolute Gasteiger partial charge is 0.256 e. The van der Waals surface area contributed by atoms with Gasteiger partial charge in [-0.05, 0) is 57.0 Å². The largest absolute Gasteiger partial charge is 0.368 e. The zero-order valence-electron chi connectivity index (χ0n) is 17.1. The average molecular weight is 413 g/mol. The van der Waals surface area contributed by atoms with Crippen molar-refractivity contribution in [3.05, 3.63) is 64.6 Å². The first-order valence-electron chi connectivity index (χ1n) is 9.55. The van der Waals surface area contributed by atoms with E-state index in [9.17, 15) is 4.79 Å². The number of carbonyl (C=O) groups is 1. The number of pyridine rings is 1. The number of nitrogens with one attached hydrogen (secondary N) is 1. The first-order chi connectivity index (χ1) is 13.9. The Morgan fingerprint density at radius 1 is 1.21 bits per heavy atom. The number of rotatable bonds is 7. The van der Waals surface area contributed by atoms with Crippen LogP contribution in [0.2, 0.25) is 5.02 Å². The molecule has 1 N–H and O–H groups in total. The molecular weight excluding hydrogens is 388 g/mol. The van der Waals surface area contributed by atoms with Gasteiger partial charge in [-0.2, -0.15) is 15.0 Å². The minimum atomic E-state index is -0.0544. The molecule has 2 aromatic heterocycles. The van der Waals surface area contributed by atoms with Crippen molar-refractivity contribution in [2.45, 2.75) is 33.7 Å².